The van der Waals surface area contributed by atoms with Crippen LogP contribution in [0, 0.1) is 13.8 Å². The Morgan fingerprint density at radius 1 is 1.14 bits per heavy atom. The molecular weight excluding hydrogens is 284 g/mol. The summed E-state index contributed by atoms with van der Waals surface area (Å²) in [5, 5.41) is 7.18. The van der Waals surface area contributed by atoms with Crippen LogP contribution >= 0.6 is 11.6 Å². The molecule has 0 saturated heterocycles. The van der Waals surface area contributed by atoms with Gasteiger partial charge in [-0.1, -0.05) is 30.7 Å². The Morgan fingerprint density at radius 2 is 1.86 bits per heavy atom. The van der Waals surface area contributed by atoms with Crippen LogP contribution < -0.4 is 10.6 Å². The molecule has 21 heavy (non-hydrogen) atoms. The van der Waals surface area contributed by atoms with Crippen LogP contribution in [0.2, 0.25) is 5.02 Å². The summed E-state index contributed by atoms with van der Waals surface area (Å²) >= 11 is 6.28. The second-order valence-corrected chi connectivity index (χ2v) is 5.43. The molecule has 0 unspecified atom stereocenters. The molecule has 0 amide bonds. The third kappa shape index (κ3) is 3.45. The molecular formula is C16H21ClN4. The van der Waals surface area contributed by atoms with Crippen LogP contribution in [0.5, 0.6) is 0 Å². The fraction of sp³-hybridized carbons (Fsp3) is 0.375. The lowest BCUT2D eigenvalue weighted by molar-refractivity contribution is 0.835. The highest BCUT2D eigenvalue weighted by atomic mass is 35.5. The van der Waals surface area contributed by atoms with Crippen LogP contribution in [0.1, 0.15) is 30.3 Å². The Hall–Kier alpha value is -1.81. The number of anilines is 3. The van der Waals surface area contributed by atoms with Crippen LogP contribution in [-0.4, -0.2) is 17.0 Å². The molecule has 5 heteroatoms. The Bertz CT molecular complexity index is 620. The van der Waals surface area contributed by atoms with Crippen molar-refractivity contribution in [3.8, 4) is 0 Å². The molecule has 2 aromatic rings. The summed E-state index contributed by atoms with van der Waals surface area (Å²) in [5.74, 6) is 2.48. The second-order valence-electron chi connectivity index (χ2n) is 5.02. The number of nitrogens with one attached hydrogen (secondary N) is 2. The molecule has 0 radical (unpaired) electrons. The number of halogens is 1. The highest BCUT2D eigenvalue weighted by Gasteiger charge is 2.12. The number of hydrogen-bond acceptors (Lipinski definition) is 4. The molecule has 0 spiro atoms. The lowest BCUT2D eigenvalue weighted by Crippen LogP contribution is -2.08. The molecule has 0 fully saturated rings. The first-order valence-corrected chi connectivity index (χ1v) is 7.52. The average molecular weight is 305 g/mol. The van der Waals surface area contributed by atoms with E-state index in [0.29, 0.717) is 5.02 Å². The van der Waals surface area contributed by atoms with E-state index in [1.165, 1.54) is 0 Å². The lowest BCUT2D eigenvalue weighted by Gasteiger charge is -2.16. The largest absolute Gasteiger partial charge is 0.373 e. The van der Waals surface area contributed by atoms with Gasteiger partial charge in [-0.05, 0) is 31.9 Å². The summed E-state index contributed by atoms with van der Waals surface area (Å²) < 4.78 is 0. The number of rotatable bonds is 5. The van der Waals surface area contributed by atoms with Gasteiger partial charge in [-0.15, -0.1) is 0 Å². The number of aromatic nitrogens is 2. The number of hydrogen-bond donors (Lipinski definition) is 2. The van der Waals surface area contributed by atoms with E-state index < -0.39 is 0 Å². The van der Waals surface area contributed by atoms with Crippen molar-refractivity contribution in [2.75, 3.05) is 17.7 Å². The topological polar surface area (TPSA) is 49.8 Å². The van der Waals surface area contributed by atoms with Crippen molar-refractivity contribution in [3.05, 3.63) is 40.2 Å². The van der Waals surface area contributed by atoms with Gasteiger partial charge in [0.05, 0.1) is 10.7 Å². The zero-order valence-electron chi connectivity index (χ0n) is 12.9. The quantitative estimate of drug-likeness (QED) is 0.855. The maximum Gasteiger partial charge on any atom is 0.139 e. The molecule has 0 bridgehead atoms. The van der Waals surface area contributed by atoms with Crippen LogP contribution in [0.4, 0.5) is 17.3 Å². The van der Waals surface area contributed by atoms with E-state index in [0.717, 1.165) is 47.1 Å². The lowest BCUT2D eigenvalue weighted by atomic mass is 10.2. The van der Waals surface area contributed by atoms with E-state index >= 15 is 0 Å². The first-order chi connectivity index (χ1) is 10.1. The summed E-state index contributed by atoms with van der Waals surface area (Å²) in [6, 6.07) is 5.84. The monoisotopic (exact) mass is 304 g/mol. The molecule has 0 aliphatic heterocycles. The molecule has 0 aliphatic rings. The van der Waals surface area contributed by atoms with Crippen molar-refractivity contribution in [1.29, 1.82) is 0 Å². The highest BCUT2D eigenvalue weighted by Crippen LogP contribution is 2.30. The van der Waals surface area contributed by atoms with Gasteiger partial charge in [-0.2, -0.15) is 0 Å². The molecule has 1 heterocycles. The molecule has 112 valence electrons. The number of benzene rings is 1. The van der Waals surface area contributed by atoms with Crippen molar-refractivity contribution in [2.24, 2.45) is 0 Å². The van der Waals surface area contributed by atoms with Gasteiger partial charge >= 0.3 is 0 Å². The number of para-hydroxylation sites is 1. The van der Waals surface area contributed by atoms with Crippen LogP contribution in [0.25, 0.3) is 0 Å². The van der Waals surface area contributed by atoms with E-state index in [-0.39, 0.29) is 0 Å². The van der Waals surface area contributed by atoms with Gasteiger partial charge in [0.2, 0.25) is 0 Å². The normalized spacial score (nSPS) is 10.5. The van der Waals surface area contributed by atoms with E-state index in [2.05, 4.69) is 27.5 Å². The van der Waals surface area contributed by atoms with Crippen molar-refractivity contribution >= 4 is 28.9 Å². The number of nitrogens with zero attached hydrogens (tertiary/aromatic N) is 2. The van der Waals surface area contributed by atoms with Gasteiger partial charge in [0.25, 0.3) is 0 Å². The fourth-order valence-corrected chi connectivity index (χ4v) is 2.44. The minimum Gasteiger partial charge on any atom is -0.373 e. The number of aryl methyl sites for hydroxylation is 2. The van der Waals surface area contributed by atoms with Gasteiger partial charge in [0.15, 0.2) is 0 Å². The first kappa shape index (κ1) is 15.6. The summed E-state index contributed by atoms with van der Waals surface area (Å²) in [5.41, 5.74) is 2.96. The Balaban J connectivity index is 2.45. The molecule has 1 aromatic heterocycles. The smallest absolute Gasteiger partial charge is 0.139 e. The predicted octanol–water partition coefficient (Wildman–Crippen LogP) is 4.48. The third-order valence-corrected chi connectivity index (χ3v) is 3.68. The van der Waals surface area contributed by atoms with E-state index in [4.69, 9.17) is 11.6 Å². The third-order valence-electron chi connectivity index (χ3n) is 3.37. The van der Waals surface area contributed by atoms with Gasteiger partial charge in [0.1, 0.15) is 17.5 Å². The van der Waals surface area contributed by atoms with Crippen molar-refractivity contribution in [3.63, 3.8) is 0 Å². The molecule has 0 atom stereocenters. The molecule has 2 rings (SSSR count). The summed E-state index contributed by atoms with van der Waals surface area (Å²) in [7, 11) is 1.87. The molecule has 2 N–H and O–H groups in total. The first-order valence-electron chi connectivity index (χ1n) is 7.14. The summed E-state index contributed by atoms with van der Waals surface area (Å²) in [6.07, 6.45) is 1.86. The molecule has 4 nitrogen and oxygen atoms in total. The van der Waals surface area contributed by atoms with E-state index in [1.807, 2.05) is 39.1 Å². The zero-order valence-corrected chi connectivity index (χ0v) is 13.7. The Kier molecular flexibility index (Phi) is 5.02. The summed E-state index contributed by atoms with van der Waals surface area (Å²) in [4.78, 5) is 9.16. The minimum absolute atomic E-state index is 0.691. The van der Waals surface area contributed by atoms with Gasteiger partial charge < -0.3 is 10.6 Å². The molecule has 0 aliphatic carbocycles. The average Bonchev–Trinajstić information content (AvgIpc) is 2.46. The Labute approximate surface area is 131 Å². The van der Waals surface area contributed by atoms with Gasteiger partial charge in [-0.3, -0.25) is 0 Å². The van der Waals surface area contributed by atoms with E-state index in [9.17, 15) is 0 Å². The zero-order chi connectivity index (χ0) is 15.4. The molecule has 1 aromatic carbocycles. The van der Waals surface area contributed by atoms with Crippen molar-refractivity contribution in [2.45, 2.75) is 33.6 Å². The van der Waals surface area contributed by atoms with Crippen LogP contribution in [-0.2, 0) is 6.42 Å². The fourth-order valence-electron chi connectivity index (χ4n) is 2.17. The second kappa shape index (κ2) is 6.76. The van der Waals surface area contributed by atoms with Gasteiger partial charge in [-0.25, -0.2) is 9.97 Å². The Morgan fingerprint density at radius 3 is 2.48 bits per heavy atom. The summed E-state index contributed by atoms with van der Waals surface area (Å²) in [6.45, 7) is 6.14. The molecule has 0 saturated carbocycles. The SMILES string of the molecule is CCCc1nc(NC)c(C)c(Nc2c(C)cccc2Cl)n1. The van der Waals surface area contributed by atoms with Crippen LogP contribution in [0.15, 0.2) is 18.2 Å². The predicted molar refractivity (Wildman–Crippen MR) is 89.8 cm³/mol. The van der Waals surface area contributed by atoms with E-state index in [1.54, 1.807) is 0 Å². The maximum absolute atomic E-state index is 6.28. The minimum atomic E-state index is 0.691. The van der Waals surface area contributed by atoms with Crippen molar-refractivity contribution < 1.29 is 0 Å². The van der Waals surface area contributed by atoms with Gasteiger partial charge in [0, 0.05) is 19.0 Å². The highest BCUT2D eigenvalue weighted by molar-refractivity contribution is 6.33. The standard InChI is InChI=1S/C16H21ClN4/c1-5-7-13-19-15(18-4)11(3)16(20-13)21-14-10(2)8-6-9-12(14)17/h6,8-9H,5,7H2,1-4H3,(H2,18,19,20,21). The maximum atomic E-state index is 6.28. The van der Waals surface area contributed by atoms with Crippen molar-refractivity contribution in [1.82, 2.24) is 9.97 Å². The van der Waals surface area contributed by atoms with Crippen LogP contribution in [0.3, 0.4) is 0 Å².